The minimum Gasteiger partial charge on any atom is -0.207 e. The lowest BCUT2D eigenvalue weighted by atomic mass is 9.67. The third-order valence-corrected chi connectivity index (χ3v) is 7.56. The van der Waals surface area contributed by atoms with E-state index in [2.05, 4.69) is 19.1 Å². The first-order valence-electron chi connectivity index (χ1n) is 12.1. The van der Waals surface area contributed by atoms with Crippen LogP contribution in [0.5, 0.6) is 0 Å². The quantitative estimate of drug-likeness (QED) is 0.372. The SMILES string of the molecule is CCCCC1(CCC(CC2=CCCCC2)c2ccc(C)c(F)c2)CCCCC1. The van der Waals surface area contributed by atoms with Crippen molar-refractivity contribution in [2.45, 2.75) is 116 Å². The van der Waals surface area contributed by atoms with Crippen molar-refractivity contribution < 1.29 is 4.39 Å². The molecule has 0 aliphatic heterocycles. The molecule has 0 nitrogen and oxygen atoms in total. The molecular formula is C27H41F. The van der Waals surface area contributed by atoms with Gasteiger partial charge in [0.15, 0.2) is 0 Å². The summed E-state index contributed by atoms with van der Waals surface area (Å²) in [5, 5.41) is 0. The number of aryl methyl sites for hydroxylation is 1. The van der Waals surface area contributed by atoms with Gasteiger partial charge in [-0.1, -0.05) is 62.8 Å². The van der Waals surface area contributed by atoms with E-state index in [-0.39, 0.29) is 5.82 Å². The molecule has 28 heavy (non-hydrogen) atoms. The molecule has 1 saturated carbocycles. The second-order valence-electron chi connectivity index (χ2n) is 9.72. The van der Waals surface area contributed by atoms with Crippen molar-refractivity contribution in [3.8, 4) is 0 Å². The summed E-state index contributed by atoms with van der Waals surface area (Å²) in [6.07, 6.45) is 22.5. The minimum absolute atomic E-state index is 0.0292. The molecule has 2 aliphatic rings. The van der Waals surface area contributed by atoms with Crippen LogP contribution < -0.4 is 0 Å². The predicted octanol–water partition coefficient (Wildman–Crippen LogP) is 9.03. The van der Waals surface area contributed by atoms with Gasteiger partial charge in [-0.05, 0) is 99.7 Å². The highest BCUT2D eigenvalue weighted by molar-refractivity contribution is 5.28. The number of benzene rings is 1. The van der Waals surface area contributed by atoms with Crippen molar-refractivity contribution in [2.24, 2.45) is 5.41 Å². The smallest absolute Gasteiger partial charge is 0.126 e. The lowest BCUT2D eigenvalue weighted by Crippen LogP contribution is -2.25. The van der Waals surface area contributed by atoms with Gasteiger partial charge in [0.1, 0.15) is 5.82 Å². The van der Waals surface area contributed by atoms with Crippen molar-refractivity contribution in [1.29, 1.82) is 0 Å². The lowest BCUT2D eigenvalue weighted by molar-refractivity contribution is 0.145. The van der Waals surface area contributed by atoms with E-state index >= 15 is 0 Å². The third kappa shape index (κ3) is 5.94. The lowest BCUT2D eigenvalue weighted by Gasteiger charge is -2.39. The van der Waals surface area contributed by atoms with Gasteiger partial charge in [0.05, 0.1) is 0 Å². The van der Waals surface area contributed by atoms with E-state index in [1.165, 1.54) is 95.5 Å². The van der Waals surface area contributed by atoms with Gasteiger partial charge in [-0.2, -0.15) is 0 Å². The first-order valence-corrected chi connectivity index (χ1v) is 12.1. The predicted molar refractivity (Wildman–Crippen MR) is 119 cm³/mol. The largest absolute Gasteiger partial charge is 0.207 e. The fraction of sp³-hybridized carbons (Fsp3) is 0.704. The third-order valence-electron chi connectivity index (χ3n) is 7.56. The highest BCUT2D eigenvalue weighted by atomic mass is 19.1. The Balaban J connectivity index is 1.75. The Morgan fingerprint density at radius 3 is 2.54 bits per heavy atom. The summed E-state index contributed by atoms with van der Waals surface area (Å²) in [6, 6.07) is 6.02. The molecule has 1 heteroatoms. The Kier molecular flexibility index (Phi) is 8.18. The van der Waals surface area contributed by atoms with E-state index in [4.69, 9.17) is 0 Å². The molecule has 0 N–H and O–H groups in total. The van der Waals surface area contributed by atoms with Crippen molar-refractivity contribution in [3.05, 3.63) is 46.8 Å². The topological polar surface area (TPSA) is 0 Å². The molecule has 0 spiro atoms. The van der Waals surface area contributed by atoms with Crippen LogP contribution in [0.15, 0.2) is 29.8 Å². The number of hydrogen-bond donors (Lipinski definition) is 0. The molecule has 156 valence electrons. The van der Waals surface area contributed by atoms with Gasteiger partial charge in [-0.25, -0.2) is 4.39 Å². The zero-order chi connectivity index (χ0) is 19.8. The molecule has 0 heterocycles. The molecule has 0 aromatic heterocycles. The zero-order valence-electron chi connectivity index (χ0n) is 18.4. The first kappa shape index (κ1) is 21.6. The molecule has 0 amide bonds. The molecule has 2 aliphatic carbocycles. The summed E-state index contributed by atoms with van der Waals surface area (Å²) in [6.45, 7) is 4.20. The summed E-state index contributed by atoms with van der Waals surface area (Å²) in [5.74, 6) is 0.457. The van der Waals surface area contributed by atoms with Crippen LogP contribution in [0.2, 0.25) is 0 Å². The summed E-state index contributed by atoms with van der Waals surface area (Å²) >= 11 is 0. The molecular weight excluding hydrogens is 343 g/mol. The summed E-state index contributed by atoms with van der Waals surface area (Å²) in [5.41, 5.74) is 4.20. The van der Waals surface area contributed by atoms with Crippen LogP contribution in [-0.4, -0.2) is 0 Å². The molecule has 1 unspecified atom stereocenters. The first-order chi connectivity index (χ1) is 13.6. The van der Waals surface area contributed by atoms with Crippen molar-refractivity contribution in [1.82, 2.24) is 0 Å². The van der Waals surface area contributed by atoms with Crippen LogP contribution in [0, 0.1) is 18.2 Å². The van der Waals surface area contributed by atoms with E-state index in [1.54, 1.807) is 5.57 Å². The molecule has 3 rings (SSSR count). The second-order valence-corrected chi connectivity index (χ2v) is 9.72. The Labute approximate surface area is 173 Å². The molecule has 1 aromatic rings. The normalized spacial score (nSPS) is 20.6. The van der Waals surface area contributed by atoms with Gasteiger partial charge < -0.3 is 0 Å². The van der Waals surface area contributed by atoms with Gasteiger partial charge in [-0.15, -0.1) is 0 Å². The van der Waals surface area contributed by atoms with Crippen molar-refractivity contribution >= 4 is 0 Å². The fourth-order valence-electron chi connectivity index (χ4n) is 5.62. The van der Waals surface area contributed by atoms with Crippen LogP contribution in [0.4, 0.5) is 4.39 Å². The van der Waals surface area contributed by atoms with Crippen molar-refractivity contribution in [2.75, 3.05) is 0 Å². The van der Waals surface area contributed by atoms with E-state index in [1.807, 2.05) is 19.1 Å². The Morgan fingerprint density at radius 1 is 1.04 bits per heavy atom. The number of allylic oxidation sites excluding steroid dienone is 2. The molecule has 1 atom stereocenters. The number of hydrogen-bond acceptors (Lipinski definition) is 0. The fourth-order valence-corrected chi connectivity index (χ4v) is 5.62. The summed E-state index contributed by atoms with van der Waals surface area (Å²) in [7, 11) is 0. The molecule has 0 bridgehead atoms. The van der Waals surface area contributed by atoms with E-state index in [0.29, 0.717) is 11.3 Å². The highest BCUT2D eigenvalue weighted by Crippen LogP contribution is 2.46. The van der Waals surface area contributed by atoms with Gasteiger partial charge in [0, 0.05) is 0 Å². The molecule has 0 radical (unpaired) electrons. The molecule has 0 saturated heterocycles. The molecule has 1 aromatic carbocycles. The van der Waals surface area contributed by atoms with Gasteiger partial charge in [0.25, 0.3) is 0 Å². The van der Waals surface area contributed by atoms with Crippen molar-refractivity contribution in [3.63, 3.8) is 0 Å². The van der Waals surface area contributed by atoms with Crippen LogP contribution in [-0.2, 0) is 0 Å². The van der Waals surface area contributed by atoms with E-state index in [9.17, 15) is 4.39 Å². The van der Waals surface area contributed by atoms with E-state index in [0.717, 1.165) is 12.0 Å². The van der Waals surface area contributed by atoms with Gasteiger partial charge in [-0.3, -0.25) is 0 Å². The van der Waals surface area contributed by atoms with Crippen LogP contribution >= 0.6 is 0 Å². The maximum Gasteiger partial charge on any atom is 0.126 e. The number of rotatable bonds is 9. The second kappa shape index (κ2) is 10.6. The Morgan fingerprint density at radius 2 is 1.86 bits per heavy atom. The standard InChI is InChI=1S/C27H41F/c1-3-4-16-27(17-9-6-10-18-27)19-15-25(20-23-11-7-5-8-12-23)24-14-13-22(2)26(28)21-24/h11,13-14,21,25H,3-10,12,15-20H2,1-2H3. The average molecular weight is 385 g/mol. The van der Waals surface area contributed by atoms with Crippen LogP contribution in [0.3, 0.4) is 0 Å². The number of unbranched alkanes of at least 4 members (excludes halogenated alkanes) is 1. The van der Waals surface area contributed by atoms with E-state index < -0.39 is 0 Å². The molecule has 1 fully saturated rings. The van der Waals surface area contributed by atoms with Crippen LogP contribution in [0.25, 0.3) is 0 Å². The Hall–Kier alpha value is -1.11. The highest BCUT2D eigenvalue weighted by Gasteiger charge is 2.32. The summed E-state index contributed by atoms with van der Waals surface area (Å²) in [4.78, 5) is 0. The summed E-state index contributed by atoms with van der Waals surface area (Å²) < 4.78 is 14.3. The van der Waals surface area contributed by atoms with Gasteiger partial charge >= 0.3 is 0 Å². The number of halogens is 1. The van der Waals surface area contributed by atoms with Gasteiger partial charge in [0.2, 0.25) is 0 Å². The zero-order valence-corrected chi connectivity index (χ0v) is 18.4. The maximum absolute atomic E-state index is 14.3. The van der Waals surface area contributed by atoms with Crippen LogP contribution in [0.1, 0.15) is 120 Å². The minimum atomic E-state index is -0.0292. The average Bonchev–Trinajstić information content (AvgIpc) is 2.73. The maximum atomic E-state index is 14.3. The monoisotopic (exact) mass is 384 g/mol. The Bertz CT molecular complexity index is 636.